The monoisotopic (exact) mass is 238 g/mol. The van der Waals surface area contributed by atoms with Crippen LogP contribution in [0.5, 0.6) is 0 Å². The maximum Gasteiger partial charge on any atom is 0.358 e. The zero-order chi connectivity index (χ0) is 13.0. The summed E-state index contributed by atoms with van der Waals surface area (Å²) < 4.78 is 9.19. The summed E-state index contributed by atoms with van der Waals surface area (Å²) in [5.74, 6) is -1.13. The molecule has 0 spiro atoms. The molecule has 6 nitrogen and oxygen atoms in total. The Balaban J connectivity index is 3.36. The van der Waals surface area contributed by atoms with Gasteiger partial charge in [-0.05, 0) is 24.5 Å². The average molecular weight is 238 g/mol. The number of nitrogens with zero attached hydrogens (tertiary/aromatic N) is 2. The number of methoxy groups -OCH3 is 2. The lowest BCUT2D eigenvalue weighted by atomic mass is 10.0. The summed E-state index contributed by atoms with van der Waals surface area (Å²) >= 11 is 0. The Hall–Kier alpha value is -1.98. The molecule has 0 atom stereocenters. The van der Waals surface area contributed by atoms with E-state index in [2.05, 4.69) is 19.7 Å². The molecule has 17 heavy (non-hydrogen) atoms. The van der Waals surface area contributed by atoms with Gasteiger partial charge in [0.2, 0.25) is 0 Å². The van der Waals surface area contributed by atoms with Crippen LogP contribution < -0.4 is 0 Å². The molecule has 0 aliphatic rings. The van der Waals surface area contributed by atoms with E-state index in [9.17, 15) is 9.59 Å². The first-order chi connectivity index (χ1) is 8.06. The van der Waals surface area contributed by atoms with Gasteiger partial charge < -0.3 is 9.47 Å². The first kappa shape index (κ1) is 13.1. The minimum absolute atomic E-state index is 0.122. The lowest BCUT2D eigenvalue weighted by Crippen LogP contribution is -2.17. The van der Waals surface area contributed by atoms with E-state index in [1.807, 2.05) is 6.92 Å². The zero-order valence-corrected chi connectivity index (χ0v) is 10.2. The van der Waals surface area contributed by atoms with Crippen molar-refractivity contribution in [2.24, 2.45) is 0 Å². The fraction of sp³-hybridized carbons (Fsp3) is 0.455. The van der Waals surface area contributed by atoms with Gasteiger partial charge in [-0.1, -0.05) is 6.92 Å². The van der Waals surface area contributed by atoms with Gasteiger partial charge in [0.25, 0.3) is 0 Å². The first-order valence-electron chi connectivity index (χ1n) is 5.09. The third-order valence-electron chi connectivity index (χ3n) is 2.45. The van der Waals surface area contributed by atoms with Crippen molar-refractivity contribution in [3.05, 3.63) is 22.5 Å². The van der Waals surface area contributed by atoms with E-state index in [0.29, 0.717) is 17.5 Å². The van der Waals surface area contributed by atoms with Crippen LogP contribution in [-0.4, -0.2) is 36.4 Å². The van der Waals surface area contributed by atoms with Crippen molar-refractivity contribution in [3.63, 3.8) is 0 Å². The average Bonchev–Trinajstić information content (AvgIpc) is 2.36. The summed E-state index contributed by atoms with van der Waals surface area (Å²) in [6, 6.07) is 0. The van der Waals surface area contributed by atoms with E-state index in [4.69, 9.17) is 0 Å². The van der Waals surface area contributed by atoms with Gasteiger partial charge in [0.15, 0.2) is 11.4 Å². The summed E-state index contributed by atoms with van der Waals surface area (Å²) in [6.45, 7) is 3.56. The molecule has 0 radical (unpaired) electrons. The summed E-state index contributed by atoms with van der Waals surface area (Å²) in [5, 5.41) is 7.43. The number of hydrogen-bond donors (Lipinski definition) is 0. The van der Waals surface area contributed by atoms with Gasteiger partial charge in [-0.15, -0.1) is 10.2 Å². The Morgan fingerprint density at radius 3 is 2.00 bits per heavy atom. The van der Waals surface area contributed by atoms with Crippen LogP contribution in [0.15, 0.2) is 0 Å². The Kier molecular flexibility index (Phi) is 4.14. The second-order valence-corrected chi connectivity index (χ2v) is 3.34. The normalized spacial score (nSPS) is 9.88. The number of carbonyl (C=O) groups is 2. The molecule has 0 aliphatic carbocycles. The van der Waals surface area contributed by atoms with Gasteiger partial charge in [0.1, 0.15) is 0 Å². The van der Waals surface area contributed by atoms with Gasteiger partial charge >= 0.3 is 11.9 Å². The van der Waals surface area contributed by atoms with E-state index in [0.717, 1.165) is 0 Å². The van der Waals surface area contributed by atoms with E-state index in [1.165, 1.54) is 14.2 Å². The zero-order valence-electron chi connectivity index (χ0n) is 10.2. The van der Waals surface area contributed by atoms with Crippen LogP contribution in [0, 0.1) is 6.92 Å². The Labute approximate surface area is 98.9 Å². The van der Waals surface area contributed by atoms with Crippen LogP contribution in [0.25, 0.3) is 0 Å². The predicted octanol–water partition coefficient (Wildman–Crippen LogP) is 0.921. The SMILES string of the molecule is CCc1c(C(=O)OC)nnc(C(=O)OC)c1C. The molecule has 1 heterocycles. The van der Waals surface area contributed by atoms with Crippen molar-refractivity contribution in [2.75, 3.05) is 14.2 Å². The Morgan fingerprint density at radius 1 is 1.06 bits per heavy atom. The molecule has 6 heteroatoms. The number of hydrogen-bond acceptors (Lipinski definition) is 6. The third-order valence-corrected chi connectivity index (χ3v) is 2.45. The highest BCUT2D eigenvalue weighted by atomic mass is 16.5. The number of carbonyl (C=O) groups excluding carboxylic acids is 2. The fourth-order valence-electron chi connectivity index (χ4n) is 1.54. The summed E-state index contributed by atoms with van der Waals surface area (Å²) in [5.41, 5.74) is 1.50. The number of aromatic nitrogens is 2. The number of rotatable bonds is 3. The van der Waals surface area contributed by atoms with Crippen LogP contribution in [0.2, 0.25) is 0 Å². The largest absolute Gasteiger partial charge is 0.464 e. The van der Waals surface area contributed by atoms with Gasteiger partial charge in [0, 0.05) is 0 Å². The number of ether oxygens (including phenoxy) is 2. The Bertz CT molecular complexity index is 457. The molecule has 92 valence electrons. The second kappa shape index (κ2) is 5.38. The lowest BCUT2D eigenvalue weighted by Gasteiger charge is -2.10. The van der Waals surface area contributed by atoms with Gasteiger partial charge in [0.05, 0.1) is 14.2 Å². The molecule has 0 unspecified atom stereocenters. The molecule has 0 bridgehead atoms. The molecule has 0 amide bonds. The Morgan fingerprint density at radius 2 is 1.53 bits per heavy atom. The molecule has 0 N–H and O–H groups in total. The molecule has 1 aromatic heterocycles. The van der Waals surface area contributed by atoms with Gasteiger partial charge in [-0.3, -0.25) is 0 Å². The number of esters is 2. The molecular weight excluding hydrogens is 224 g/mol. The summed E-state index contributed by atoms with van der Waals surface area (Å²) in [6.07, 6.45) is 0.551. The van der Waals surface area contributed by atoms with Crippen LogP contribution in [-0.2, 0) is 15.9 Å². The molecule has 0 aromatic carbocycles. The van der Waals surface area contributed by atoms with E-state index in [1.54, 1.807) is 6.92 Å². The van der Waals surface area contributed by atoms with Crippen LogP contribution in [0.1, 0.15) is 39.0 Å². The van der Waals surface area contributed by atoms with Crippen LogP contribution in [0.3, 0.4) is 0 Å². The van der Waals surface area contributed by atoms with E-state index in [-0.39, 0.29) is 11.4 Å². The van der Waals surface area contributed by atoms with Gasteiger partial charge in [-0.25, -0.2) is 9.59 Å². The maximum atomic E-state index is 11.5. The topological polar surface area (TPSA) is 78.4 Å². The molecule has 0 saturated carbocycles. The molecule has 0 fully saturated rings. The van der Waals surface area contributed by atoms with E-state index >= 15 is 0 Å². The summed E-state index contributed by atoms with van der Waals surface area (Å²) in [7, 11) is 2.54. The third kappa shape index (κ3) is 2.41. The van der Waals surface area contributed by atoms with Crippen molar-refractivity contribution in [1.82, 2.24) is 10.2 Å². The van der Waals surface area contributed by atoms with Crippen molar-refractivity contribution < 1.29 is 19.1 Å². The summed E-state index contributed by atoms with van der Waals surface area (Å²) in [4.78, 5) is 22.9. The van der Waals surface area contributed by atoms with Gasteiger partial charge in [-0.2, -0.15) is 0 Å². The van der Waals surface area contributed by atoms with Crippen molar-refractivity contribution in [2.45, 2.75) is 20.3 Å². The molecule has 1 aromatic rings. The highest BCUT2D eigenvalue weighted by molar-refractivity contribution is 5.92. The van der Waals surface area contributed by atoms with Crippen LogP contribution >= 0.6 is 0 Å². The van der Waals surface area contributed by atoms with Crippen LogP contribution in [0.4, 0.5) is 0 Å². The highest BCUT2D eigenvalue weighted by Crippen LogP contribution is 2.16. The molecular formula is C11H14N2O4. The smallest absolute Gasteiger partial charge is 0.358 e. The van der Waals surface area contributed by atoms with Crippen molar-refractivity contribution in [3.8, 4) is 0 Å². The highest BCUT2D eigenvalue weighted by Gasteiger charge is 2.21. The molecule has 1 rings (SSSR count). The minimum atomic E-state index is -0.568. The second-order valence-electron chi connectivity index (χ2n) is 3.34. The first-order valence-corrected chi connectivity index (χ1v) is 5.09. The van der Waals surface area contributed by atoms with Crippen molar-refractivity contribution in [1.29, 1.82) is 0 Å². The maximum absolute atomic E-state index is 11.5. The molecule has 0 aliphatic heterocycles. The minimum Gasteiger partial charge on any atom is -0.464 e. The quantitative estimate of drug-likeness (QED) is 0.728. The predicted molar refractivity (Wildman–Crippen MR) is 58.8 cm³/mol. The van der Waals surface area contributed by atoms with Crippen molar-refractivity contribution >= 4 is 11.9 Å². The van der Waals surface area contributed by atoms with E-state index < -0.39 is 11.9 Å². The molecule has 0 saturated heterocycles. The fourth-order valence-corrected chi connectivity index (χ4v) is 1.54. The lowest BCUT2D eigenvalue weighted by molar-refractivity contribution is 0.0571. The standard InChI is InChI=1S/C11H14N2O4/c1-5-7-6(2)8(10(14)16-3)12-13-9(7)11(15)17-4/h5H2,1-4H3.